The number of carbonyl (C=O) groups excluding carboxylic acids is 1. The average molecular weight is 648 g/mol. The van der Waals surface area contributed by atoms with Gasteiger partial charge in [0.2, 0.25) is 0 Å². The van der Waals surface area contributed by atoms with Crippen LogP contribution in [0.3, 0.4) is 0 Å². The van der Waals surface area contributed by atoms with Crippen LogP contribution >= 0.6 is 23.7 Å². The fraction of sp³-hybridized carbons (Fsp3) is 0.371. The molecule has 0 saturated carbocycles. The minimum atomic E-state index is -4.31. The Bertz CT molecular complexity index is 1280. The number of aliphatic imine (C=N–C) groups is 1. The van der Waals surface area contributed by atoms with Crippen LogP contribution in [0.4, 0.5) is 18.9 Å². The van der Waals surface area contributed by atoms with Gasteiger partial charge in [-0.1, -0.05) is 94.1 Å². The van der Waals surface area contributed by atoms with Gasteiger partial charge < -0.3 is 14.4 Å². The van der Waals surface area contributed by atoms with Crippen LogP contribution in [0.15, 0.2) is 94.5 Å². The summed E-state index contributed by atoms with van der Waals surface area (Å²) in [5.41, 5.74) is 5.22. The Morgan fingerprint density at radius 2 is 1.57 bits per heavy atom. The number of alkyl halides is 3. The quantitative estimate of drug-likeness (QED) is 0.129. The SMILES string of the molecule is C/C=C(\C)NC(=NC)SC.CC.CC.Cc1ccccc1SN1CCc2ccccc21.O=CCc1ccc(C(F)(F)F)cc1. The molecule has 0 aliphatic carbocycles. The summed E-state index contributed by atoms with van der Waals surface area (Å²) in [4.78, 5) is 15.4. The van der Waals surface area contributed by atoms with E-state index in [2.05, 4.69) is 70.1 Å². The Labute approximate surface area is 271 Å². The van der Waals surface area contributed by atoms with E-state index in [1.807, 2.05) is 65.8 Å². The second-order valence-corrected chi connectivity index (χ2v) is 10.6. The molecule has 1 N–H and O–H groups in total. The normalized spacial score (nSPS) is 12.0. The Morgan fingerprint density at radius 3 is 2.09 bits per heavy atom. The van der Waals surface area contributed by atoms with Crippen molar-refractivity contribution < 1.29 is 18.0 Å². The standard InChI is InChI=1S/C15H15NS.C9H7F3O.C7H14N2S.2C2H6/c1-12-6-2-5-9-15(12)17-16-11-10-13-7-3-4-8-14(13)16;10-9(11,12)8-3-1-7(2-4-8)5-6-13;1-5-6(2)9-7(8-3)10-4;2*1-2/h2-9H,10-11H2,1H3;1-4,6H,5H2;5H,1-4H3,(H,8,9);2*1-2H3/b;;6-5+;;. The highest BCUT2D eigenvalue weighted by Gasteiger charge is 2.29. The smallest absolute Gasteiger partial charge is 0.339 e. The summed E-state index contributed by atoms with van der Waals surface area (Å²) in [6.07, 6.45) is 1.68. The molecule has 3 aromatic rings. The van der Waals surface area contributed by atoms with Crippen molar-refractivity contribution in [3.05, 3.63) is 107 Å². The van der Waals surface area contributed by atoms with Gasteiger partial charge in [-0.2, -0.15) is 13.2 Å². The number of carbonyl (C=O) groups is 1. The Morgan fingerprint density at radius 1 is 0.977 bits per heavy atom. The summed E-state index contributed by atoms with van der Waals surface area (Å²) in [5.74, 6) is 0. The number of allylic oxidation sites excluding steroid dienone is 2. The van der Waals surface area contributed by atoms with Crippen LogP contribution in [0, 0.1) is 6.92 Å². The van der Waals surface area contributed by atoms with E-state index < -0.39 is 11.7 Å². The zero-order chi connectivity index (χ0) is 33.5. The molecule has 0 unspecified atom stereocenters. The molecule has 4 rings (SSSR count). The van der Waals surface area contributed by atoms with E-state index >= 15 is 0 Å². The second-order valence-electron chi connectivity index (χ2n) is 8.73. The molecule has 0 bridgehead atoms. The first-order valence-electron chi connectivity index (χ1n) is 14.7. The van der Waals surface area contributed by atoms with E-state index in [0.29, 0.717) is 11.8 Å². The number of anilines is 1. The lowest BCUT2D eigenvalue weighted by molar-refractivity contribution is -0.137. The van der Waals surface area contributed by atoms with Crippen LogP contribution in [0.1, 0.15) is 63.8 Å². The Hall–Kier alpha value is -3.17. The first-order valence-corrected chi connectivity index (χ1v) is 16.7. The summed E-state index contributed by atoms with van der Waals surface area (Å²) in [6.45, 7) is 15.3. The van der Waals surface area contributed by atoms with Gasteiger partial charge in [-0.25, -0.2) is 0 Å². The van der Waals surface area contributed by atoms with Crippen molar-refractivity contribution in [3.63, 3.8) is 0 Å². The van der Waals surface area contributed by atoms with Crippen molar-refractivity contribution in [2.24, 2.45) is 4.99 Å². The molecule has 0 saturated heterocycles. The summed E-state index contributed by atoms with van der Waals surface area (Å²) >= 11 is 3.47. The summed E-state index contributed by atoms with van der Waals surface area (Å²) in [6, 6.07) is 21.8. The zero-order valence-electron chi connectivity index (χ0n) is 27.5. The van der Waals surface area contributed by atoms with Gasteiger partial charge in [0.25, 0.3) is 0 Å². The number of thioether (sulfide) groups is 1. The Kier molecular flexibility index (Phi) is 21.6. The van der Waals surface area contributed by atoms with Crippen LogP contribution in [0.5, 0.6) is 0 Å². The summed E-state index contributed by atoms with van der Waals surface area (Å²) in [5, 5.41) is 4.09. The van der Waals surface area contributed by atoms with Gasteiger partial charge in [-0.05, 0) is 86.4 Å². The first-order chi connectivity index (χ1) is 21.1. The maximum atomic E-state index is 12.0. The minimum absolute atomic E-state index is 0.151. The van der Waals surface area contributed by atoms with Crippen molar-refractivity contribution in [3.8, 4) is 0 Å². The number of hydrogen-bond donors (Lipinski definition) is 1. The van der Waals surface area contributed by atoms with Crippen molar-refractivity contribution in [2.75, 3.05) is 24.2 Å². The average Bonchev–Trinajstić information content (AvgIpc) is 3.46. The highest BCUT2D eigenvalue weighted by molar-refractivity contribution is 8.13. The fourth-order valence-corrected chi connectivity index (χ4v) is 5.04. The van der Waals surface area contributed by atoms with Gasteiger partial charge >= 0.3 is 6.18 Å². The summed E-state index contributed by atoms with van der Waals surface area (Å²) < 4.78 is 38.5. The van der Waals surface area contributed by atoms with Crippen molar-refractivity contribution in [2.45, 2.75) is 72.4 Å². The third-order valence-electron chi connectivity index (χ3n) is 5.88. The fourth-order valence-electron chi connectivity index (χ4n) is 3.55. The number of rotatable bonds is 5. The number of halogens is 3. The van der Waals surface area contributed by atoms with Gasteiger partial charge in [0.05, 0.1) is 11.3 Å². The molecular formula is C35H48F3N3OS2. The minimum Gasteiger partial charge on any atom is -0.339 e. The number of fused-ring (bicyclic) bond motifs is 1. The Balaban J connectivity index is 0.000000617. The van der Waals surface area contributed by atoms with Gasteiger partial charge in [-0.3, -0.25) is 4.99 Å². The van der Waals surface area contributed by atoms with Crippen LogP contribution in [-0.4, -0.2) is 31.3 Å². The lowest BCUT2D eigenvalue weighted by Crippen LogP contribution is -2.17. The molecule has 242 valence electrons. The highest BCUT2D eigenvalue weighted by Crippen LogP contribution is 2.37. The molecule has 1 aliphatic rings. The third kappa shape index (κ3) is 15.0. The monoisotopic (exact) mass is 647 g/mol. The van der Waals surface area contributed by atoms with Gasteiger partial charge in [0.15, 0.2) is 5.17 Å². The lowest BCUT2D eigenvalue weighted by Gasteiger charge is -2.18. The molecule has 0 amide bonds. The van der Waals surface area contributed by atoms with Crippen LogP contribution in [-0.2, 0) is 23.8 Å². The zero-order valence-corrected chi connectivity index (χ0v) is 29.1. The van der Waals surface area contributed by atoms with E-state index in [0.717, 1.165) is 36.0 Å². The van der Waals surface area contributed by atoms with Gasteiger partial charge in [-0.15, -0.1) is 0 Å². The maximum Gasteiger partial charge on any atom is 0.416 e. The molecule has 0 fully saturated rings. The highest BCUT2D eigenvalue weighted by atomic mass is 32.2. The van der Waals surface area contributed by atoms with Crippen LogP contribution in [0.25, 0.3) is 0 Å². The molecule has 4 nitrogen and oxygen atoms in total. The molecule has 9 heteroatoms. The molecule has 1 aliphatic heterocycles. The second kappa shape index (κ2) is 23.2. The van der Waals surface area contributed by atoms with Crippen molar-refractivity contribution in [1.29, 1.82) is 0 Å². The molecular weight excluding hydrogens is 600 g/mol. The number of amidine groups is 1. The van der Waals surface area contributed by atoms with Crippen molar-refractivity contribution in [1.82, 2.24) is 5.32 Å². The summed E-state index contributed by atoms with van der Waals surface area (Å²) in [7, 11) is 1.78. The van der Waals surface area contributed by atoms with Crippen molar-refractivity contribution >= 4 is 40.9 Å². The first kappa shape index (κ1) is 40.8. The molecule has 1 heterocycles. The molecule has 0 radical (unpaired) electrons. The van der Waals surface area contributed by atoms with E-state index in [-0.39, 0.29) is 6.42 Å². The van der Waals surface area contributed by atoms with Crippen LogP contribution < -0.4 is 9.62 Å². The molecule has 3 aromatic carbocycles. The predicted octanol–water partition coefficient (Wildman–Crippen LogP) is 10.4. The number of hydrogen-bond acceptors (Lipinski definition) is 5. The van der Waals surface area contributed by atoms with E-state index in [1.54, 1.807) is 18.8 Å². The number of nitrogens with zero attached hydrogens (tertiary/aromatic N) is 2. The van der Waals surface area contributed by atoms with E-state index in [9.17, 15) is 18.0 Å². The number of benzene rings is 3. The number of para-hydroxylation sites is 1. The molecule has 0 spiro atoms. The molecule has 0 aromatic heterocycles. The van der Waals surface area contributed by atoms with Gasteiger partial charge in [0.1, 0.15) is 6.29 Å². The largest absolute Gasteiger partial charge is 0.416 e. The number of nitrogens with one attached hydrogen (secondary N) is 1. The predicted molar refractivity (Wildman–Crippen MR) is 188 cm³/mol. The lowest BCUT2D eigenvalue weighted by atomic mass is 10.1. The van der Waals surface area contributed by atoms with E-state index in [1.165, 1.54) is 33.8 Å². The number of aldehydes is 1. The molecule has 44 heavy (non-hydrogen) atoms. The number of aryl methyl sites for hydroxylation is 1. The topological polar surface area (TPSA) is 44.7 Å². The van der Waals surface area contributed by atoms with E-state index in [4.69, 9.17) is 0 Å². The third-order valence-corrected chi connectivity index (χ3v) is 7.81. The maximum absolute atomic E-state index is 12.0. The van der Waals surface area contributed by atoms with Gasteiger partial charge in [0, 0.05) is 30.6 Å². The van der Waals surface area contributed by atoms with Crippen LogP contribution in [0.2, 0.25) is 0 Å². The molecule has 0 atom stereocenters.